The van der Waals surface area contributed by atoms with E-state index in [2.05, 4.69) is 48.7 Å². The average molecular weight is 393 g/mol. The van der Waals surface area contributed by atoms with Crippen molar-refractivity contribution in [1.29, 1.82) is 0 Å². The van der Waals surface area contributed by atoms with Crippen molar-refractivity contribution in [3.63, 3.8) is 0 Å². The highest BCUT2D eigenvalue weighted by Crippen LogP contribution is 2.40. The lowest BCUT2D eigenvalue weighted by atomic mass is 9.76. The molecule has 5 aromatic rings. The van der Waals surface area contributed by atoms with E-state index in [1.165, 1.54) is 12.7 Å². The van der Waals surface area contributed by atoms with Crippen molar-refractivity contribution in [1.82, 2.24) is 9.38 Å². The predicted octanol–water partition coefficient (Wildman–Crippen LogP) is 4.74. The molecule has 5 nitrogen and oxygen atoms in total. The summed E-state index contributed by atoms with van der Waals surface area (Å²) < 4.78 is 7.18. The molecule has 3 aromatic heterocycles. The lowest BCUT2D eigenvalue weighted by Gasteiger charge is -2.31. The molecule has 6 rings (SSSR count). The Kier molecular flexibility index (Phi) is 3.24. The summed E-state index contributed by atoms with van der Waals surface area (Å²) in [6.45, 7) is 4.43. The summed E-state index contributed by atoms with van der Waals surface area (Å²) in [5.74, 6) is -0.447. The summed E-state index contributed by atoms with van der Waals surface area (Å²) in [6.07, 6.45) is 2.19. The molecular formula is C25H19N3O2. The van der Waals surface area contributed by atoms with Crippen molar-refractivity contribution in [2.24, 2.45) is 4.99 Å². The molecule has 0 saturated carbocycles. The van der Waals surface area contributed by atoms with Crippen LogP contribution in [-0.2, 0) is 10.2 Å². The zero-order valence-electron chi connectivity index (χ0n) is 16.9. The highest BCUT2D eigenvalue weighted by atomic mass is 16.5. The predicted molar refractivity (Wildman–Crippen MR) is 117 cm³/mol. The van der Waals surface area contributed by atoms with E-state index in [1.807, 2.05) is 30.3 Å². The number of ether oxygens (including phenoxy) is 1. The quantitative estimate of drug-likeness (QED) is 0.387. The second-order valence-corrected chi connectivity index (χ2v) is 8.28. The fourth-order valence-electron chi connectivity index (χ4n) is 4.78. The Bertz CT molecular complexity index is 1580. The Hall–Kier alpha value is -3.73. The molecule has 146 valence electrons. The fourth-order valence-corrected chi connectivity index (χ4v) is 4.78. The van der Waals surface area contributed by atoms with E-state index >= 15 is 0 Å². The minimum atomic E-state index is -0.447. The Morgan fingerprint density at radius 1 is 1.00 bits per heavy atom. The third kappa shape index (κ3) is 2.04. The van der Waals surface area contributed by atoms with Gasteiger partial charge in [-0.2, -0.15) is 0 Å². The van der Waals surface area contributed by atoms with Crippen molar-refractivity contribution >= 4 is 39.0 Å². The fraction of sp³-hybridized carbons (Fsp3) is 0.160. The van der Waals surface area contributed by atoms with Crippen LogP contribution in [-0.4, -0.2) is 22.5 Å². The summed E-state index contributed by atoms with van der Waals surface area (Å²) >= 11 is 0. The zero-order chi connectivity index (χ0) is 20.6. The molecule has 0 amide bonds. The van der Waals surface area contributed by atoms with Crippen LogP contribution < -0.4 is 5.36 Å². The maximum absolute atomic E-state index is 12.4. The summed E-state index contributed by atoms with van der Waals surface area (Å²) in [7, 11) is 1.38. The Morgan fingerprint density at radius 2 is 1.77 bits per heavy atom. The number of benzene rings is 2. The largest absolute Gasteiger partial charge is 0.464 e. The van der Waals surface area contributed by atoms with Crippen LogP contribution >= 0.6 is 0 Å². The van der Waals surface area contributed by atoms with Gasteiger partial charge in [-0.1, -0.05) is 50.2 Å². The highest BCUT2D eigenvalue weighted by Gasteiger charge is 2.33. The molecule has 0 radical (unpaired) electrons. The summed E-state index contributed by atoms with van der Waals surface area (Å²) in [4.78, 5) is 22.2. The first-order chi connectivity index (χ1) is 14.5. The van der Waals surface area contributed by atoms with E-state index in [0.29, 0.717) is 5.69 Å². The second-order valence-electron chi connectivity index (χ2n) is 8.28. The number of hydrogen-bond donors (Lipinski definition) is 0. The lowest BCUT2D eigenvalue weighted by Crippen LogP contribution is -2.32. The third-order valence-electron chi connectivity index (χ3n) is 6.30. The Morgan fingerprint density at radius 3 is 2.60 bits per heavy atom. The van der Waals surface area contributed by atoms with Gasteiger partial charge < -0.3 is 9.14 Å². The number of fused-ring (bicyclic) bond motifs is 6. The molecule has 30 heavy (non-hydrogen) atoms. The Labute approximate surface area is 172 Å². The molecule has 0 N–H and O–H groups in total. The number of aromatic nitrogens is 2. The van der Waals surface area contributed by atoms with Crippen LogP contribution in [0.15, 0.2) is 65.8 Å². The zero-order valence-corrected chi connectivity index (χ0v) is 16.9. The number of para-hydroxylation sites is 2. The number of hydrogen-bond acceptors (Lipinski definition) is 4. The summed E-state index contributed by atoms with van der Waals surface area (Å²) in [5, 5.41) is 2.88. The number of pyridine rings is 2. The molecule has 0 saturated heterocycles. The third-order valence-corrected chi connectivity index (χ3v) is 6.30. The normalized spacial score (nSPS) is 14.5. The molecule has 0 atom stereocenters. The van der Waals surface area contributed by atoms with Crippen molar-refractivity contribution < 1.29 is 9.53 Å². The molecule has 0 spiro atoms. The van der Waals surface area contributed by atoms with Gasteiger partial charge in [0.25, 0.3) is 0 Å². The maximum Gasteiger partial charge on any atom is 0.356 e. The van der Waals surface area contributed by atoms with Crippen LogP contribution in [0.4, 0.5) is 5.69 Å². The molecule has 0 unspecified atom stereocenters. The Balaban J connectivity index is 1.91. The summed E-state index contributed by atoms with van der Waals surface area (Å²) in [5.41, 5.74) is 6.03. The highest BCUT2D eigenvalue weighted by molar-refractivity contribution is 6.14. The number of esters is 1. The van der Waals surface area contributed by atoms with Gasteiger partial charge >= 0.3 is 5.97 Å². The van der Waals surface area contributed by atoms with Crippen molar-refractivity contribution in [3.8, 4) is 0 Å². The lowest BCUT2D eigenvalue weighted by molar-refractivity contribution is 0.0594. The molecule has 1 aliphatic heterocycles. The van der Waals surface area contributed by atoms with E-state index in [4.69, 9.17) is 14.7 Å². The van der Waals surface area contributed by atoms with Gasteiger partial charge in [-0.3, -0.25) is 0 Å². The van der Waals surface area contributed by atoms with Crippen molar-refractivity contribution in [2.75, 3.05) is 7.11 Å². The van der Waals surface area contributed by atoms with Crippen molar-refractivity contribution in [2.45, 2.75) is 19.3 Å². The maximum atomic E-state index is 12.4. The first kappa shape index (κ1) is 17.2. The minimum Gasteiger partial charge on any atom is -0.464 e. The molecule has 4 heterocycles. The molecule has 0 aliphatic carbocycles. The van der Waals surface area contributed by atoms with E-state index in [0.717, 1.165) is 43.9 Å². The second kappa shape index (κ2) is 5.66. The van der Waals surface area contributed by atoms with Gasteiger partial charge in [0.1, 0.15) is 11.2 Å². The average Bonchev–Trinajstić information content (AvgIpc) is 3.09. The topological polar surface area (TPSA) is 56.0 Å². The van der Waals surface area contributed by atoms with Crippen LogP contribution in [0.25, 0.3) is 27.3 Å². The van der Waals surface area contributed by atoms with Gasteiger partial charge in [0.15, 0.2) is 0 Å². The number of rotatable bonds is 1. The van der Waals surface area contributed by atoms with Crippen molar-refractivity contribution in [3.05, 3.63) is 83.0 Å². The van der Waals surface area contributed by atoms with E-state index < -0.39 is 5.97 Å². The van der Waals surface area contributed by atoms with Gasteiger partial charge in [0, 0.05) is 27.9 Å². The van der Waals surface area contributed by atoms with E-state index in [-0.39, 0.29) is 5.41 Å². The van der Waals surface area contributed by atoms with Crippen LogP contribution in [0.5, 0.6) is 0 Å². The van der Waals surface area contributed by atoms with Gasteiger partial charge in [0.05, 0.1) is 29.2 Å². The monoisotopic (exact) mass is 393 g/mol. The van der Waals surface area contributed by atoms with E-state index in [9.17, 15) is 4.79 Å². The van der Waals surface area contributed by atoms with Gasteiger partial charge in [0.2, 0.25) is 0 Å². The SMILES string of the molecule is COC(=O)c1cc2c3ccccc3n3cc4c(c(n1)c23)=Nc1ccccc1C4(C)C. The molecule has 2 aromatic carbocycles. The van der Waals surface area contributed by atoms with Crippen LogP contribution in [0, 0.1) is 0 Å². The van der Waals surface area contributed by atoms with E-state index in [1.54, 1.807) is 0 Å². The molecule has 0 bridgehead atoms. The summed E-state index contributed by atoms with van der Waals surface area (Å²) in [6, 6.07) is 18.3. The standard InChI is InChI=1S/C25H19N3O2/c1-25(2)16-9-5-6-10-18(16)26-21-17(25)13-28-20-11-7-4-8-14(20)15-12-19(24(29)30-3)27-22(21)23(15)28/h4-13H,1-3H3. The first-order valence-electron chi connectivity index (χ1n) is 9.94. The molecule has 5 heteroatoms. The number of carbonyl (C=O) groups excluding carboxylic acids is 1. The molecule has 1 aliphatic rings. The number of nitrogens with zero attached hydrogens (tertiary/aromatic N) is 3. The van der Waals surface area contributed by atoms with Gasteiger partial charge in [-0.15, -0.1) is 0 Å². The van der Waals surface area contributed by atoms with Crippen LogP contribution in [0.3, 0.4) is 0 Å². The molecule has 0 fully saturated rings. The smallest absolute Gasteiger partial charge is 0.356 e. The minimum absolute atomic E-state index is 0.258. The molecular weight excluding hydrogens is 374 g/mol. The van der Waals surface area contributed by atoms with Crippen LogP contribution in [0.2, 0.25) is 0 Å². The van der Waals surface area contributed by atoms with Crippen LogP contribution in [0.1, 0.15) is 35.5 Å². The van der Waals surface area contributed by atoms with Gasteiger partial charge in [-0.05, 0) is 23.8 Å². The van der Waals surface area contributed by atoms with Gasteiger partial charge in [-0.25, -0.2) is 14.8 Å². The number of methoxy groups -OCH3 is 1. The number of carbonyl (C=O) groups is 1. The first-order valence-corrected chi connectivity index (χ1v) is 9.94.